The van der Waals surface area contributed by atoms with Gasteiger partial charge in [0.2, 0.25) is 0 Å². The van der Waals surface area contributed by atoms with Crippen LogP contribution in [-0.4, -0.2) is 8.07 Å². The van der Waals surface area contributed by atoms with E-state index in [-0.39, 0.29) is 11.4 Å². The summed E-state index contributed by atoms with van der Waals surface area (Å²) in [6.45, 7) is 6.56. The molecule has 0 saturated heterocycles. The molecule has 0 N–H and O–H groups in total. The van der Waals surface area contributed by atoms with E-state index in [4.69, 9.17) is 0 Å². The van der Waals surface area contributed by atoms with Gasteiger partial charge in [-0.15, -0.1) is 0 Å². The third kappa shape index (κ3) is 2.75. The Morgan fingerprint density at radius 1 is 1.12 bits per heavy atom. The van der Waals surface area contributed by atoms with Gasteiger partial charge in [0.15, 0.2) is 0 Å². The lowest BCUT2D eigenvalue weighted by molar-refractivity contribution is 0.627. The van der Waals surface area contributed by atoms with Crippen molar-refractivity contribution in [2.24, 2.45) is 0 Å². The predicted molar refractivity (Wildman–Crippen MR) is 72.0 cm³/mol. The summed E-state index contributed by atoms with van der Waals surface area (Å²) < 4.78 is 12.9. The normalized spacial score (nSPS) is 13.1. The molecular weight excluding hydrogens is 229 g/mol. The zero-order valence-corrected chi connectivity index (χ0v) is 11.8. The summed E-state index contributed by atoms with van der Waals surface area (Å²) in [6, 6.07) is 12.2. The topological polar surface area (TPSA) is 23.8 Å². The van der Waals surface area contributed by atoms with Crippen LogP contribution >= 0.6 is 0 Å². The molecule has 0 aromatic heterocycles. The van der Waals surface area contributed by atoms with Crippen LogP contribution in [0.4, 0.5) is 4.39 Å². The number of hydrogen-bond donors (Lipinski definition) is 0. The second-order valence-corrected chi connectivity index (χ2v) is 9.96. The van der Waals surface area contributed by atoms with Crippen LogP contribution in [0, 0.1) is 17.1 Å². The molecule has 1 aromatic carbocycles. The minimum absolute atomic E-state index is 0.0110. The molecule has 0 aliphatic carbocycles. The molecule has 0 heterocycles. The maximum atomic E-state index is 12.9. The van der Waals surface area contributed by atoms with Crippen LogP contribution in [0.3, 0.4) is 0 Å². The average Bonchev–Trinajstić information content (AvgIpc) is 2.38. The van der Waals surface area contributed by atoms with Crippen LogP contribution in [-0.2, 0) is 0 Å². The van der Waals surface area contributed by atoms with Crippen molar-refractivity contribution >= 4 is 8.07 Å². The van der Waals surface area contributed by atoms with Gasteiger partial charge in [0.25, 0.3) is 0 Å². The lowest BCUT2D eigenvalue weighted by atomic mass is 10.1. The second-order valence-electron chi connectivity index (χ2n) is 4.54. The Morgan fingerprint density at radius 2 is 1.59 bits per heavy atom. The highest BCUT2D eigenvalue weighted by Crippen LogP contribution is 2.35. The quantitative estimate of drug-likeness (QED) is 0.706. The number of hydrogen-bond acceptors (Lipinski definition) is 1. The van der Waals surface area contributed by atoms with Gasteiger partial charge in [0.05, 0.1) is 19.7 Å². The van der Waals surface area contributed by atoms with E-state index in [0.29, 0.717) is 0 Å². The van der Waals surface area contributed by atoms with Gasteiger partial charge < -0.3 is 0 Å². The van der Waals surface area contributed by atoms with Gasteiger partial charge in [-0.2, -0.15) is 5.26 Å². The molecular formula is C14H20FNSi. The van der Waals surface area contributed by atoms with Gasteiger partial charge in [-0.1, -0.05) is 51.0 Å². The van der Waals surface area contributed by atoms with Crippen LogP contribution in [0.15, 0.2) is 24.3 Å². The standard InChI is InChI=1S/C14H20FNSi/c1-4-17(5-2,6-3)14(11-16)12-7-9-13(15)10-8-12/h7-10,14H,4-6H2,1-3H3. The fourth-order valence-corrected chi connectivity index (χ4v) is 6.48. The maximum absolute atomic E-state index is 12.9. The van der Waals surface area contributed by atoms with E-state index in [1.165, 1.54) is 12.1 Å². The maximum Gasteiger partial charge on any atom is 0.123 e. The van der Waals surface area contributed by atoms with Gasteiger partial charge >= 0.3 is 0 Å². The van der Waals surface area contributed by atoms with Crippen molar-refractivity contribution in [1.82, 2.24) is 0 Å². The number of rotatable bonds is 5. The van der Waals surface area contributed by atoms with E-state index in [1.807, 2.05) is 0 Å². The highest BCUT2D eigenvalue weighted by molar-refractivity contribution is 6.81. The Balaban J connectivity index is 3.14. The summed E-state index contributed by atoms with van der Waals surface area (Å²) in [5, 5.41) is 9.47. The second kappa shape index (κ2) is 5.97. The van der Waals surface area contributed by atoms with Gasteiger partial charge in [0, 0.05) is 0 Å². The molecule has 92 valence electrons. The summed E-state index contributed by atoms with van der Waals surface area (Å²) in [7, 11) is -1.59. The van der Waals surface area contributed by atoms with E-state index in [0.717, 1.165) is 23.7 Å². The van der Waals surface area contributed by atoms with Gasteiger partial charge in [-0.3, -0.25) is 0 Å². The van der Waals surface area contributed by atoms with Crippen LogP contribution in [0.2, 0.25) is 18.1 Å². The third-order valence-corrected chi connectivity index (χ3v) is 9.97. The van der Waals surface area contributed by atoms with Crippen molar-refractivity contribution in [2.75, 3.05) is 0 Å². The van der Waals surface area contributed by atoms with E-state index < -0.39 is 8.07 Å². The van der Waals surface area contributed by atoms with Crippen LogP contribution in [0.1, 0.15) is 31.9 Å². The van der Waals surface area contributed by atoms with Crippen molar-refractivity contribution in [1.29, 1.82) is 5.26 Å². The fraction of sp³-hybridized carbons (Fsp3) is 0.500. The minimum Gasteiger partial charge on any atom is -0.207 e. The molecule has 17 heavy (non-hydrogen) atoms. The summed E-state index contributed by atoms with van der Waals surface area (Å²) >= 11 is 0. The van der Waals surface area contributed by atoms with E-state index in [1.54, 1.807) is 12.1 Å². The number of benzene rings is 1. The number of nitriles is 1. The Bertz CT molecular complexity index is 381. The molecule has 0 radical (unpaired) electrons. The molecule has 1 aromatic rings. The Morgan fingerprint density at radius 3 is 1.94 bits per heavy atom. The average molecular weight is 249 g/mol. The van der Waals surface area contributed by atoms with Crippen molar-refractivity contribution < 1.29 is 4.39 Å². The number of halogens is 1. The van der Waals surface area contributed by atoms with Crippen molar-refractivity contribution in [3.63, 3.8) is 0 Å². The number of nitrogens with zero attached hydrogens (tertiary/aromatic N) is 1. The van der Waals surface area contributed by atoms with E-state index >= 15 is 0 Å². The largest absolute Gasteiger partial charge is 0.207 e. The molecule has 1 unspecified atom stereocenters. The Labute approximate surface area is 104 Å². The molecule has 0 aliphatic rings. The first-order valence-corrected chi connectivity index (χ1v) is 8.98. The molecule has 0 fully saturated rings. The molecule has 1 atom stereocenters. The summed E-state index contributed by atoms with van der Waals surface area (Å²) in [6.07, 6.45) is 0. The first-order valence-electron chi connectivity index (χ1n) is 6.28. The van der Waals surface area contributed by atoms with Gasteiger partial charge in [0.1, 0.15) is 5.82 Å². The van der Waals surface area contributed by atoms with Crippen LogP contribution < -0.4 is 0 Å². The molecule has 0 bridgehead atoms. The Hall–Kier alpha value is -1.14. The smallest absolute Gasteiger partial charge is 0.123 e. The fourth-order valence-electron chi connectivity index (χ4n) is 2.58. The molecule has 0 amide bonds. The lowest BCUT2D eigenvalue weighted by Gasteiger charge is -2.33. The monoisotopic (exact) mass is 249 g/mol. The van der Waals surface area contributed by atoms with Crippen molar-refractivity contribution in [2.45, 2.75) is 44.4 Å². The van der Waals surface area contributed by atoms with E-state index in [9.17, 15) is 9.65 Å². The summed E-state index contributed by atoms with van der Waals surface area (Å²) in [4.78, 5) is 0. The molecule has 1 nitrogen and oxygen atoms in total. The predicted octanol–water partition coefficient (Wildman–Crippen LogP) is 4.48. The minimum atomic E-state index is -1.59. The molecule has 0 aliphatic heterocycles. The molecule has 3 heteroatoms. The molecule has 1 rings (SSSR count). The zero-order valence-electron chi connectivity index (χ0n) is 10.8. The van der Waals surface area contributed by atoms with Gasteiger partial charge in [-0.25, -0.2) is 4.39 Å². The van der Waals surface area contributed by atoms with Crippen LogP contribution in [0.5, 0.6) is 0 Å². The van der Waals surface area contributed by atoms with E-state index in [2.05, 4.69) is 26.8 Å². The SMILES string of the molecule is CC[Si](CC)(CC)C(C#N)c1ccc(F)cc1. The third-order valence-electron chi connectivity index (χ3n) is 4.06. The first kappa shape index (κ1) is 13.9. The van der Waals surface area contributed by atoms with Crippen molar-refractivity contribution in [3.05, 3.63) is 35.6 Å². The molecule has 0 saturated carbocycles. The summed E-state index contributed by atoms with van der Waals surface area (Å²) in [5.74, 6) is -0.234. The van der Waals surface area contributed by atoms with Crippen molar-refractivity contribution in [3.8, 4) is 6.07 Å². The highest BCUT2D eigenvalue weighted by Gasteiger charge is 2.37. The van der Waals surface area contributed by atoms with Crippen LogP contribution in [0.25, 0.3) is 0 Å². The zero-order chi connectivity index (χ0) is 12.9. The summed E-state index contributed by atoms with van der Waals surface area (Å²) in [5.41, 5.74) is 0.981. The first-order chi connectivity index (χ1) is 8.13. The van der Waals surface area contributed by atoms with Gasteiger partial charge in [-0.05, 0) is 17.7 Å². The highest BCUT2D eigenvalue weighted by atomic mass is 28.3. The lowest BCUT2D eigenvalue weighted by Crippen LogP contribution is -2.39. The molecule has 0 spiro atoms. The Kier molecular flexibility index (Phi) is 4.89.